The van der Waals surface area contributed by atoms with Crippen molar-refractivity contribution in [3.63, 3.8) is 0 Å². The third-order valence-electron chi connectivity index (χ3n) is 5.96. The number of nitrogens with one attached hydrogen (secondary N) is 1. The Morgan fingerprint density at radius 1 is 1.11 bits per heavy atom. The van der Waals surface area contributed by atoms with Gasteiger partial charge in [0.05, 0.1) is 17.9 Å². The molecule has 38 heavy (non-hydrogen) atoms. The molecule has 14 heteroatoms. The molecule has 1 aromatic carbocycles. The second-order valence-corrected chi connectivity index (χ2v) is 8.83. The molecule has 1 aliphatic heterocycles. The van der Waals surface area contributed by atoms with Crippen LogP contribution in [0.3, 0.4) is 0 Å². The first-order valence-corrected chi connectivity index (χ1v) is 11.4. The maximum absolute atomic E-state index is 14.0. The lowest BCUT2D eigenvalue weighted by atomic mass is 10.0. The van der Waals surface area contributed by atoms with Gasteiger partial charge in [0.25, 0.3) is 0 Å². The Balaban J connectivity index is 1.54. The Bertz CT molecular complexity index is 1370. The number of carbonyl (C=O) groups is 2. The summed E-state index contributed by atoms with van der Waals surface area (Å²) in [6.07, 6.45) is -4.04. The predicted molar refractivity (Wildman–Crippen MR) is 123 cm³/mol. The van der Waals surface area contributed by atoms with Gasteiger partial charge in [0, 0.05) is 50.3 Å². The van der Waals surface area contributed by atoms with Crippen molar-refractivity contribution >= 4 is 17.6 Å². The van der Waals surface area contributed by atoms with Crippen molar-refractivity contribution in [3.8, 4) is 11.3 Å². The first-order valence-electron chi connectivity index (χ1n) is 11.4. The van der Waals surface area contributed by atoms with Gasteiger partial charge in [-0.25, -0.2) is 23.1 Å². The monoisotopic (exact) mass is 540 g/mol. The first-order chi connectivity index (χ1) is 17.8. The zero-order valence-corrected chi connectivity index (χ0v) is 20.0. The molecule has 3 aromatic rings. The van der Waals surface area contributed by atoms with E-state index in [0.717, 1.165) is 4.57 Å². The molecule has 0 spiro atoms. The van der Waals surface area contributed by atoms with Gasteiger partial charge < -0.3 is 20.5 Å². The van der Waals surface area contributed by atoms with Crippen LogP contribution in [-0.4, -0.2) is 43.8 Å². The SMILES string of the molecule is CC(=O)Nc1ccc(-c2nc(C(F)(F)F)n3c2CN(C(=O)CC(N)Cc2cc(F)c(F)cc2F)CC3)cn1. The van der Waals surface area contributed by atoms with E-state index in [4.69, 9.17) is 5.73 Å². The van der Waals surface area contributed by atoms with Crippen LogP contribution >= 0.6 is 0 Å². The normalized spacial score (nSPS) is 14.3. The van der Waals surface area contributed by atoms with E-state index in [1.165, 1.54) is 30.2 Å². The van der Waals surface area contributed by atoms with Gasteiger partial charge in [-0.15, -0.1) is 0 Å². The van der Waals surface area contributed by atoms with Crippen LogP contribution in [0.2, 0.25) is 0 Å². The number of hydrogen-bond donors (Lipinski definition) is 2. The van der Waals surface area contributed by atoms with Crippen molar-refractivity contribution < 1.29 is 35.9 Å². The number of nitrogens with zero attached hydrogens (tertiary/aromatic N) is 4. The van der Waals surface area contributed by atoms with Gasteiger partial charge in [-0.05, 0) is 30.2 Å². The molecule has 0 bridgehead atoms. The number of hydrogen-bond acceptors (Lipinski definition) is 5. The highest BCUT2D eigenvalue weighted by Gasteiger charge is 2.41. The zero-order chi connectivity index (χ0) is 27.8. The fourth-order valence-corrected chi connectivity index (χ4v) is 4.25. The molecular formula is C24H22F6N6O2. The fraction of sp³-hybridized carbons (Fsp3) is 0.333. The zero-order valence-electron chi connectivity index (χ0n) is 20.0. The lowest BCUT2D eigenvalue weighted by molar-refractivity contribution is -0.148. The summed E-state index contributed by atoms with van der Waals surface area (Å²) < 4.78 is 82.7. The van der Waals surface area contributed by atoms with Gasteiger partial charge in [-0.2, -0.15) is 13.2 Å². The molecule has 202 valence electrons. The van der Waals surface area contributed by atoms with E-state index in [9.17, 15) is 35.9 Å². The summed E-state index contributed by atoms with van der Waals surface area (Å²) in [6, 6.07) is 2.98. The minimum atomic E-state index is -4.75. The van der Waals surface area contributed by atoms with E-state index in [2.05, 4.69) is 15.3 Å². The molecule has 0 radical (unpaired) electrons. The lowest BCUT2D eigenvalue weighted by Crippen LogP contribution is -2.42. The van der Waals surface area contributed by atoms with Crippen LogP contribution in [0.1, 0.15) is 30.4 Å². The molecule has 4 rings (SSSR count). The van der Waals surface area contributed by atoms with Gasteiger partial charge in [0.1, 0.15) is 11.6 Å². The average Bonchev–Trinajstić information content (AvgIpc) is 3.22. The van der Waals surface area contributed by atoms with Gasteiger partial charge in [-0.3, -0.25) is 9.59 Å². The van der Waals surface area contributed by atoms with Crippen molar-refractivity contribution in [1.29, 1.82) is 0 Å². The number of rotatable bonds is 6. The van der Waals surface area contributed by atoms with Crippen molar-refractivity contribution in [2.24, 2.45) is 5.73 Å². The Hall–Kier alpha value is -3.94. The van der Waals surface area contributed by atoms with Crippen LogP contribution in [0, 0.1) is 17.5 Å². The highest BCUT2D eigenvalue weighted by molar-refractivity contribution is 5.87. The molecule has 0 fully saturated rings. The molecule has 0 saturated carbocycles. The summed E-state index contributed by atoms with van der Waals surface area (Å²) in [4.78, 5) is 33.3. The second-order valence-electron chi connectivity index (χ2n) is 8.83. The number of benzene rings is 1. The van der Waals surface area contributed by atoms with Crippen LogP contribution in [0.15, 0.2) is 30.5 Å². The number of alkyl halides is 3. The van der Waals surface area contributed by atoms with Crippen LogP contribution in [0.25, 0.3) is 11.3 Å². The number of anilines is 1. The van der Waals surface area contributed by atoms with Crippen LogP contribution in [0.4, 0.5) is 32.2 Å². The minimum absolute atomic E-state index is 0.0233. The van der Waals surface area contributed by atoms with E-state index < -0.39 is 41.4 Å². The number of pyridine rings is 1. The molecule has 1 aliphatic rings. The van der Waals surface area contributed by atoms with E-state index in [-0.39, 0.29) is 66.7 Å². The molecule has 8 nitrogen and oxygen atoms in total. The predicted octanol–water partition coefficient (Wildman–Crippen LogP) is 3.64. The van der Waals surface area contributed by atoms with E-state index in [1.807, 2.05) is 0 Å². The molecule has 0 aliphatic carbocycles. The summed E-state index contributed by atoms with van der Waals surface area (Å²) in [7, 11) is 0. The molecule has 3 N–H and O–H groups in total. The third-order valence-corrected chi connectivity index (χ3v) is 5.96. The van der Waals surface area contributed by atoms with Gasteiger partial charge in [0.2, 0.25) is 17.6 Å². The summed E-state index contributed by atoms with van der Waals surface area (Å²) in [5, 5.41) is 2.46. The van der Waals surface area contributed by atoms with Gasteiger partial charge >= 0.3 is 6.18 Å². The van der Waals surface area contributed by atoms with E-state index >= 15 is 0 Å². The van der Waals surface area contributed by atoms with Crippen LogP contribution in [0.5, 0.6) is 0 Å². The number of imidazole rings is 1. The van der Waals surface area contributed by atoms with Crippen LogP contribution < -0.4 is 11.1 Å². The van der Waals surface area contributed by atoms with Crippen molar-refractivity contribution in [1.82, 2.24) is 19.4 Å². The highest BCUT2D eigenvalue weighted by atomic mass is 19.4. The van der Waals surface area contributed by atoms with E-state index in [0.29, 0.717) is 12.1 Å². The van der Waals surface area contributed by atoms with Gasteiger partial charge in [0.15, 0.2) is 11.6 Å². The fourth-order valence-electron chi connectivity index (χ4n) is 4.25. The van der Waals surface area contributed by atoms with E-state index in [1.54, 1.807) is 0 Å². The molecule has 2 amide bonds. The summed E-state index contributed by atoms with van der Waals surface area (Å²) in [5.41, 5.74) is 6.12. The van der Waals surface area contributed by atoms with Crippen LogP contribution in [-0.2, 0) is 35.3 Å². The van der Waals surface area contributed by atoms with Crippen molar-refractivity contribution in [2.45, 2.75) is 45.1 Å². The summed E-state index contributed by atoms with van der Waals surface area (Å²) in [5.74, 6) is -5.40. The second kappa shape index (κ2) is 10.4. The molecular weight excluding hydrogens is 518 g/mol. The maximum Gasteiger partial charge on any atom is 0.449 e. The Kier molecular flexibility index (Phi) is 7.44. The topological polar surface area (TPSA) is 106 Å². The number of nitrogens with two attached hydrogens (primary N) is 1. The minimum Gasteiger partial charge on any atom is -0.335 e. The number of aromatic nitrogens is 3. The third kappa shape index (κ3) is 5.79. The Morgan fingerprint density at radius 2 is 1.82 bits per heavy atom. The molecule has 0 saturated heterocycles. The number of fused-ring (bicyclic) bond motifs is 1. The number of halogens is 6. The van der Waals surface area contributed by atoms with Crippen molar-refractivity contribution in [2.75, 3.05) is 11.9 Å². The van der Waals surface area contributed by atoms with Crippen molar-refractivity contribution in [3.05, 3.63) is 65.0 Å². The lowest BCUT2D eigenvalue weighted by Gasteiger charge is -2.30. The first kappa shape index (κ1) is 27.1. The molecule has 3 heterocycles. The number of amides is 2. The molecule has 1 unspecified atom stereocenters. The number of carbonyl (C=O) groups excluding carboxylic acids is 2. The average molecular weight is 540 g/mol. The molecule has 2 aromatic heterocycles. The van der Waals surface area contributed by atoms with Gasteiger partial charge in [-0.1, -0.05) is 0 Å². The Labute approximate surface area is 212 Å². The quantitative estimate of drug-likeness (QED) is 0.367. The highest BCUT2D eigenvalue weighted by Crippen LogP contribution is 2.36. The summed E-state index contributed by atoms with van der Waals surface area (Å²) in [6.45, 7) is 0.823. The standard InChI is InChI=1S/C24H22F6N6O2/c1-12(37)33-20-3-2-13(10-32-20)22-19-11-35(4-5-36(19)23(34-22)24(28,29)30)21(38)8-15(31)6-14-7-17(26)18(27)9-16(14)25/h2-3,7,9-10,15H,4-6,8,11,31H2,1H3,(H,32,33,37). The smallest absolute Gasteiger partial charge is 0.335 e. The Morgan fingerprint density at radius 3 is 2.45 bits per heavy atom. The summed E-state index contributed by atoms with van der Waals surface area (Å²) >= 11 is 0. The molecule has 1 atom stereocenters. The maximum atomic E-state index is 14.0. The largest absolute Gasteiger partial charge is 0.449 e.